The van der Waals surface area contributed by atoms with E-state index in [1.165, 1.54) is 0 Å². The van der Waals surface area contributed by atoms with E-state index in [1.807, 2.05) is 24.4 Å². The topological polar surface area (TPSA) is 56.7 Å². The fourth-order valence-electron chi connectivity index (χ4n) is 1.64. The van der Waals surface area contributed by atoms with Gasteiger partial charge in [0.1, 0.15) is 0 Å². The van der Waals surface area contributed by atoms with Crippen LogP contribution in [0.3, 0.4) is 0 Å². The highest BCUT2D eigenvalue weighted by Crippen LogP contribution is 2.21. The molecule has 0 saturated heterocycles. The van der Waals surface area contributed by atoms with Crippen LogP contribution >= 0.6 is 27.5 Å². The second-order valence-electron chi connectivity index (χ2n) is 4.04. The van der Waals surface area contributed by atoms with Crippen LogP contribution in [0.1, 0.15) is 17.7 Å². The Kier molecular flexibility index (Phi) is 4.74. The molecule has 18 heavy (non-hydrogen) atoms. The number of nitrogens with two attached hydrogens (primary N) is 1. The summed E-state index contributed by atoms with van der Waals surface area (Å²) in [5, 5.41) is 8.91. The number of aryl methyl sites for hydroxylation is 1. The number of hydrogen-bond donors (Lipinski definition) is 1. The average Bonchev–Trinajstić information content (AvgIpc) is 2.78. The summed E-state index contributed by atoms with van der Waals surface area (Å²) in [6, 6.07) is 5.82. The summed E-state index contributed by atoms with van der Waals surface area (Å²) in [6.07, 6.45) is 3.73. The Morgan fingerprint density at radius 2 is 2.22 bits per heavy atom. The van der Waals surface area contributed by atoms with Crippen molar-refractivity contribution in [3.05, 3.63) is 45.1 Å². The van der Waals surface area contributed by atoms with E-state index >= 15 is 0 Å². The van der Waals surface area contributed by atoms with Crippen LogP contribution in [0.25, 0.3) is 0 Å². The van der Waals surface area contributed by atoms with E-state index in [1.54, 1.807) is 4.68 Å². The second kappa shape index (κ2) is 6.31. The van der Waals surface area contributed by atoms with Gasteiger partial charge in [-0.25, -0.2) is 4.68 Å². The summed E-state index contributed by atoms with van der Waals surface area (Å²) in [5.41, 5.74) is 7.45. The maximum absolute atomic E-state index is 6.16. The van der Waals surface area contributed by atoms with Crippen LogP contribution in [0.2, 0.25) is 5.02 Å². The quantitative estimate of drug-likeness (QED) is 0.917. The van der Waals surface area contributed by atoms with E-state index in [4.69, 9.17) is 17.3 Å². The molecule has 2 N–H and O–H groups in total. The lowest BCUT2D eigenvalue weighted by Gasteiger charge is -2.04. The van der Waals surface area contributed by atoms with E-state index in [9.17, 15) is 0 Å². The van der Waals surface area contributed by atoms with Crippen LogP contribution in [0.15, 0.2) is 28.9 Å². The molecule has 0 spiro atoms. The average molecular weight is 330 g/mol. The lowest BCUT2D eigenvalue weighted by atomic mass is 10.2. The third-order valence-corrected chi connectivity index (χ3v) is 3.42. The van der Waals surface area contributed by atoms with Gasteiger partial charge >= 0.3 is 0 Å². The highest BCUT2D eigenvalue weighted by Gasteiger charge is 2.05. The minimum atomic E-state index is 0.627. The first-order valence-corrected chi connectivity index (χ1v) is 6.89. The van der Waals surface area contributed by atoms with Crippen LogP contribution in [0.5, 0.6) is 0 Å². The first kappa shape index (κ1) is 13.5. The molecule has 0 aliphatic heterocycles. The van der Waals surface area contributed by atoms with Crippen molar-refractivity contribution >= 4 is 27.5 Å². The molecule has 4 nitrogen and oxygen atoms in total. The summed E-state index contributed by atoms with van der Waals surface area (Å²) in [6.45, 7) is 1.30. The number of benzene rings is 1. The van der Waals surface area contributed by atoms with Gasteiger partial charge in [0.15, 0.2) is 0 Å². The van der Waals surface area contributed by atoms with Gasteiger partial charge in [-0.3, -0.25) is 0 Å². The van der Waals surface area contributed by atoms with Crippen molar-refractivity contribution in [2.24, 2.45) is 5.73 Å². The zero-order valence-electron chi connectivity index (χ0n) is 9.81. The standard InChI is InChI=1S/C12H14BrClN4/c13-10-4-3-9(12(14)6-10)7-18-8-11(16-17-18)2-1-5-15/h3-4,6,8H,1-2,5,7,15H2. The summed E-state index contributed by atoms with van der Waals surface area (Å²) in [7, 11) is 0. The van der Waals surface area contributed by atoms with Crippen molar-refractivity contribution in [1.82, 2.24) is 15.0 Å². The Labute approximate surface area is 119 Å². The van der Waals surface area contributed by atoms with Gasteiger partial charge in [0.25, 0.3) is 0 Å². The van der Waals surface area contributed by atoms with Gasteiger partial charge in [0.05, 0.1) is 12.2 Å². The van der Waals surface area contributed by atoms with E-state index in [0.717, 1.165) is 33.6 Å². The predicted octanol–water partition coefficient (Wildman–Crippen LogP) is 2.63. The molecule has 2 aromatic rings. The Morgan fingerprint density at radius 1 is 1.39 bits per heavy atom. The fraction of sp³-hybridized carbons (Fsp3) is 0.333. The van der Waals surface area contributed by atoms with E-state index < -0.39 is 0 Å². The van der Waals surface area contributed by atoms with Gasteiger partial charge < -0.3 is 5.73 Å². The molecular weight excluding hydrogens is 316 g/mol. The lowest BCUT2D eigenvalue weighted by molar-refractivity contribution is 0.649. The van der Waals surface area contributed by atoms with Crippen LogP contribution in [0.4, 0.5) is 0 Å². The van der Waals surface area contributed by atoms with Gasteiger partial charge in [0.2, 0.25) is 0 Å². The molecule has 0 fully saturated rings. The van der Waals surface area contributed by atoms with E-state index in [-0.39, 0.29) is 0 Å². The molecule has 6 heteroatoms. The maximum atomic E-state index is 6.16. The minimum Gasteiger partial charge on any atom is -0.330 e. The Morgan fingerprint density at radius 3 is 2.94 bits per heavy atom. The molecule has 0 saturated carbocycles. The zero-order chi connectivity index (χ0) is 13.0. The molecule has 0 radical (unpaired) electrons. The van der Waals surface area contributed by atoms with Crippen LogP contribution in [-0.2, 0) is 13.0 Å². The molecule has 0 bridgehead atoms. The lowest BCUT2D eigenvalue weighted by Crippen LogP contribution is -2.01. The number of hydrogen-bond acceptors (Lipinski definition) is 3. The third kappa shape index (κ3) is 3.54. The summed E-state index contributed by atoms with van der Waals surface area (Å²) >= 11 is 9.54. The Bertz CT molecular complexity index is 527. The van der Waals surface area contributed by atoms with Gasteiger partial charge in [-0.1, -0.05) is 38.8 Å². The first-order valence-electron chi connectivity index (χ1n) is 5.72. The van der Waals surface area contributed by atoms with Gasteiger partial charge in [-0.05, 0) is 37.1 Å². The van der Waals surface area contributed by atoms with Gasteiger partial charge in [-0.2, -0.15) is 0 Å². The van der Waals surface area contributed by atoms with Crippen LogP contribution < -0.4 is 5.73 Å². The molecule has 0 atom stereocenters. The third-order valence-electron chi connectivity index (χ3n) is 2.57. The van der Waals surface area contributed by atoms with Crippen molar-refractivity contribution in [3.63, 3.8) is 0 Å². The van der Waals surface area contributed by atoms with Crippen LogP contribution in [0, 0.1) is 0 Å². The maximum Gasteiger partial charge on any atom is 0.0827 e. The number of halogens is 2. The smallest absolute Gasteiger partial charge is 0.0827 e. The van der Waals surface area contributed by atoms with Crippen molar-refractivity contribution in [3.8, 4) is 0 Å². The molecule has 0 unspecified atom stereocenters. The molecule has 96 valence electrons. The van der Waals surface area contributed by atoms with Crippen molar-refractivity contribution in [2.75, 3.05) is 6.54 Å². The summed E-state index contributed by atoms with van der Waals surface area (Å²) in [5.74, 6) is 0. The number of rotatable bonds is 5. The van der Waals surface area contributed by atoms with Gasteiger partial charge in [-0.15, -0.1) is 5.10 Å². The second-order valence-corrected chi connectivity index (χ2v) is 5.36. The Balaban J connectivity index is 2.06. The first-order chi connectivity index (χ1) is 8.69. The largest absolute Gasteiger partial charge is 0.330 e. The highest BCUT2D eigenvalue weighted by molar-refractivity contribution is 9.10. The normalized spacial score (nSPS) is 10.8. The summed E-state index contributed by atoms with van der Waals surface area (Å²) in [4.78, 5) is 0. The molecule has 0 aliphatic carbocycles. The Hall–Kier alpha value is -0.910. The van der Waals surface area contributed by atoms with E-state index in [2.05, 4.69) is 26.2 Å². The SMILES string of the molecule is NCCCc1cn(Cc2ccc(Br)cc2Cl)nn1. The zero-order valence-corrected chi connectivity index (χ0v) is 12.2. The monoisotopic (exact) mass is 328 g/mol. The molecule has 0 amide bonds. The van der Waals surface area contributed by atoms with Crippen molar-refractivity contribution < 1.29 is 0 Å². The summed E-state index contributed by atoms with van der Waals surface area (Å²) < 4.78 is 2.76. The van der Waals surface area contributed by atoms with Crippen molar-refractivity contribution in [1.29, 1.82) is 0 Å². The molecule has 0 aliphatic rings. The highest BCUT2D eigenvalue weighted by atomic mass is 79.9. The molecule has 1 heterocycles. The molecule has 2 rings (SSSR count). The molecule has 1 aromatic carbocycles. The van der Waals surface area contributed by atoms with Crippen molar-refractivity contribution in [2.45, 2.75) is 19.4 Å². The minimum absolute atomic E-state index is 0.627. The van der Waals surface area contributed by atoms with E-state index in [0.29, 0.717) is 13.1 Å². The number of nitrogens with zero attached hydrogens (tertiary/aromatic N) is 3. The predicted molar refractivity (Wildman–Crippen MR) is 75.7 cm³/mol. The molecular formula is C12H14BrClN4. The number of aromatic nitrogens is 3. The molecule has 1 aromatic heterocycles. The fourth-order valence-corrected chi connectivity index (χ4v) is 2.37. The van der Waals surface area contributed by atoms with Gasteiger partial charge in [0, 0.05) is 15.7 Å². The van der Waals surface area contributed by atoms with Crippen LogP contribution in [-0.4, -0.2) is 21.5 Å².